The van der Waals surface area contributed by atoms with E-state index in [4.69, 9.17) is 5.53 Å². The lowest BCUT2D eigenvalue weighted by molar-refractivity contribution is 0.347. The lowest BCUT2D eigenvalue weighted by atomic mass is 10.1. The molecular formula is C9H15N5. The topological polar surface area (TPSA) is 66.6 Å². The maximum absolute atomic E-state index is 8.22. The monoisotopic (exact) mass is 193 g/mol. The minimum absolute atomic E-state index is 0.0291. The van der Waals surface area contributed by atoms with E-state index < -0.39 is 0 Å². The molecule has 5 heteroatoms. The summed E-state index contributed by atoms with van der Waals surface area (Å²) in [4.78, 5) is 2.73. The fourth-order valence-electron chi connectivity index (χ4n) is 1.38. The van der Waals surface area contributed by atoms with Crippen molar-refractivity contribution in [1.82, 2.24) is 9.78 Å². The van der Waals surface area contributed by atoms with Gasteiger partial charge in [0.05, 0.1) is 18.3 Å². The van der Waals surface area contributed by atoms with Crippen LogP contribution in [0.3, 0.4) is 0 Å². The van der Waals surface area contributed by atoms with E-state index >= 15 is 0 Å². The lowest BCUT2D eigenvalue weighted by Gasteiger charge is -2.21. The normalized spacial score (nSPS) is 11.1. The van der Waals surface area contributed by atoms with Crippen molar-refractivity contribution in [3.63, 3.8) is 0 Å². The minimum Gasteiger partial charge on any atom is -0.264 e. The highest BCUT2D eigenvalue weighted by molar-refractivity contribution is 5.17. The van der Waals surface area contributed by atoms with Crippen molar-refractivity contribution in [3.8, 4) is 0 Å². The summed E-state index contributed by atoms with van der Waals surface area (Å²) in [5.74, 6) is 0. The molecule has 0 aromatic carbocycles. The molecule has 0 aliphatic heterocycles. The Morgan fingerprint density at radius 3 is 2.64 bits per heavy atom. The molecule has 0 bridgehead atoms. The molecule has 0 aliphatic rings. The van der Waals surface area contributed by atoms with Crippen LogP contribution in [0.4, 0.5) is 0 Å². The Morgan fingerprint density at radius 1 is 1.57 bits per heavy atom. The Bertz CT molecular complexity index is 365. The Balaban J connectivity index is 3.02. The van der Waals surface area contributed by atoms with Crippen LogP contribution in [0.2, 0.25) is 0 Å². The zero-order valence-electron chi connectivity index (χ0n) is 9.02. The molecule has 14 heavy (non-hydrogen) atoms. The van der Waals surface area contributed by atoms with Crippen LogP contribution in [0.1, 0.15) is 32.0 Å². The van der Waals surface area contributed by atoms with Crippen LogP contribution in [0.5, 0.6) is 0 Å². The highest BCUT2D eigenvalue weighted by Crippen LogP contribution is 2.18. The van der Waals surface area contributed by atoms with E-state index in [1.54, 1.807) is 6.20 Å². The third-order valence-corrected chi connectivity index (χ3v) is 2.05. The Labute approximate surface area is 83.4 Å². The fraction of sp³-hybridized carbons (Fsp3) is 0.667. The van der Waals surface area contributed by atoms with Crippen LogP contribution in [0, 0.1) is 6.92 Å². The van der Waals surface area contributed by atoms with Gasteiger partial charge in [-0.1, -0.05) is 5.11 Å². The first-order valence-corrected chi connectivity index (χ1v) is 4.51. The zero-order valence-corrected chi connectivity index (χ0v) is 9.02. The van der Waals surface area contributed by atoms with E-state index in [2.05, 4.69) is 35.9 Å². The second-order valence-corrected chi connectivity index (χ2v) is 4.23. The molecule has 1 heterocycles. The molecule has 0 N–H and O–H groups in total. The van der Waals surface area contributed by atoms with Crippen LogP contribution in [-0.2, 0) is 12.1 Å². The molecule has 76 valence electrons. The number of hydrogen-bond acceptors (Lipinski definition) is 2. The van der Waals surface area contributed by atoms with Crippen LogP contribution in [0.15, 0.2) is 11.3 Å². The quantitative estimate of drug-likeness (QED) is 0.404. The van der Waals surface area contributed by atoms with Gasteiger partial charge in [0.15, 0.2) is 0 Å². The number of azide groups is 1. The molecule has 1 aromatic rings. The first kappa shape index (κ1) is 10.6. The third-order valence-electron chi connectivity index (χ3n) is 2.05. The second kappa shape index (κ2) is 3.72. The van der Waals surface area contributed by atoms with Crippen LogP contribution < -0.4 is 0 Å². The summed E-state index contributed by atoms with van der Waals surface area (Å²) in [5, 5.41) is 7.80. The predicted octanol–water partition coefficient (Wildman–Crippen LogP) is 2.76. The van der Waals surface area contributed by atoms with Crippen molar-refractivity contribution in [1.29, 1.82) is 0 Å². The van der Waals surface area contributed by atoms with Gasteiger partial charge < -0.3 is 0 Å². The zero-order chi connectivity index (χ0) is 10.8. The summed E-state index contributed by atoms with van der Waals surface area (Å²) in [6, 6.07) is 0. The molecule has 0 saturated heterocycles. The first-order chi connectivity index (χ1) is 6.46. The molecule has 0 aliphatic carbocycles. The number of aromatic nitrogens is 2. The molecule has 5 nitrogen and oxygen atoms in total. The first-order valence-electron chi connectivity index (χ1n) is 4.51. The molecule has 0 fully saturated rings. The van der Waals surface area contributed by atoms with Gasteiger partial charge in [0.2, 0.25) is 0 Å². The van der Waals surface area contributed by atoms with E-state index in [1.165, 1.54) is 0 Å². The van der Waals surface area contributed by atoms with Gasteiger partial charge in [-0.15, -0.1) is 0 Å². The van der Waals surface area contributed by atoms with Crippen molar-refractivity contribution in [2.24, 2.45) is 5.11 Å². The van der Waals surface area contributed by atoms with Gasteiger partial charge in [-0.25, -0.2) is 0 Å². The van der Waals surface area contributed by atoms with E-state index in [0.717, 1.165) is 11.3 Å². The molecule has 0 saturated carbocycles. The average Bonchev–Trinajstić information content (AvgIpc) is 2.42. The highest BCUT2D eigenvalue weighted by atomic mass is 15.3. The SMILES string of the molecule is Cc1c(CN=[N+]=[N-])cnn1C(C)(C)C. The Kier molecular flexibility index (Phi) is 2.81. The summed E-state index contributed by atoms with van der Waals surface area (Å²) >= 11 is 0. The summed E-state index contributed by atoms with van der Waals surface area (Å²) in [6.45, 7) is 8.62. The Morgan fingerprint density at radius 2 is 2.21 bits per heavy atom. The van der Waals surface area contributed by atoms with Gasteiger partial charge in [0.1, 0.15) is 0 Å². The molecule has 0 atom stereocenters. The summed E-state index contributed by atoms with van der Waals surface area (Å²) in [7, 11) is 0. The van der Waals surface area contributed by atoms with Gasteiger partial charge in [-0.2, -0.15) is 5.10 Å². The number of hydrogen-bond donors (Lipinski definition) is 0. The van der Waals surface area contributed by atoms with E-state index in [1.807, 2.05) is 11.6 Å². The smallest absolute Gasteiger partial charge is 0.0546 e. The van der Waals surface area contributed by atoms with Gasteiger partial charge in [0, 0.05) is 10.6 Å². The van der Waals surface area contributed by atoms with Crippen molar-refractivity contribution in [2.45, 2.75) is 39.8 Å². The summed E-state index contributed by atoms with van der Waals surface area (Å²) in [6.07, 6.45) is 1.76. The number of nitrogens with zero attached hydrogens (tertiary/aromatic N) is 5. The molecule has 1 aromatic heterocycles. The van der Waals surface area contributed by atoms with Crippen molar-refractivity contribution in [3.05, 3.63) is 27.9 Å². The molecule has 0 unspecified atom stereocenters. The largest absolute Gasteiger partial charge is 0.264 e. The van der Waals surface area contributed by atoms with Crippen molar-refractivity contribution in [2.75, 3.05) is 0 Å². The minimum atomic E-state index is -0.0291. The molecule has 1 rings (SSSR count). The van der Waals surface area contributed by atoms with E-state index in [9.17, 15) is 0 Å². The van der Waals surface area contributed by atoms with Gasteiger partial charge in [-0.05, 0) is 38.8 Å². The second-order valence-electron chi connectivity index (χ2n) is 4.23. The average molecular weight is 193 g/mol. The van der Waals surface area contributed by atoms with Crippen molar-refractivity contribution < 1.29 is 0 Å². The van der Waals surface area contributed by atoms with Crippen LogP contribution >= 0.6 is 0 Å². The summed E-state index contributed by atoms with van der Waals surface area (Å²) in [5.41, 5.74) is 10.2. The molecule has 0 radical (unpaired) electrons. The van der Waals surface area contributed by atoms with E-state index in [-0.39, 0.29) is 5.54 Å². The molecule has 0 spiro atoms. The van der Waals surface area contributed by atoms with E-state index in [0.29, 0.717) is 6.54 Å². The standard InChI is InChI=1S/C9H15N5/c1-7-8(5-11-13-10)6-12-14(7)9(2,3)4/h6H,5H2,1-4H3. The van der Waals surface area contributed by atoms with Gasteiger partial charge >= 0.3 is 0 Å². The predicted molar refractivity (Wildman–Crippen MR) is 54.8 cm³/mol. The van der Waals surface area contributed by atoms with Gasteiger partial charge in [-0.3, -0.25) is 4.68 Å². The number of rotatable bonds is 2. The summed E-state index contributed by atoms with van der Waals surface area (Å²) < 4.78 is 1.94. The Hall–Kier alpha value is -1.48. The maximum Gasteiger partial charge on any atom is 0.0546 e. The van der Waals surface area contributed by atoms with Crippen LogP contribution in [0.25, 0.3) is 10.4 Å². The molecular weight excluding hydrogens is 178 g/mol. The maximum atomic E-state index is 8.22. The van der Waals surface area contributed by atoms with Crippen molar-refractivity contribution >= 4 is 0 Å². The molecule has 0 amide bonds. The highest BCUT2D eigenvalue weighted by Gasteiger charge is 2.17. The van der Waals surface area contributed by atoms with Crippen LogP contribution in [-0.4, -0.2) is 9.78 Å². The fourth-order valence-corrected chi connectivity index (χ4v) is 1.38. The van der Waals surface area contributed by atoms with Gasteiger partial charge in [0.25, 0.3) is 0 Å². The lowest BCUT2D eigenvalue weighted by Crippen LogP contribution is -2.24. The third kappa shape index (κ3) is 2.06.